The van der Waals surface area contributed by atoms with E-state index in [2.05, 4.69) is 39.0 Å². The number of hydrogen-bond acceptors (Lipinski definition) is 3. The molecule has 3 N–H and O–H groups in total. The Morgan fingerprint density at radius 3 is 2.66 bits per heavy atom. The fourth-order valence-electron chi connectivity index (χ4n) is 2.93. The van der Waals surface area contributed by atoms with Crippen LogP contribution in [0.15, 0.2) is 35.3 Å². The van der Waals surface area contributed by atoms with Crippen LogP contribution in [0.25, 0.3) is 0 Å². The topological polar surface area (TPSA) is 83.3 Å². The number of carbonyl (C=O) groups is 1. The molecular formula is C21H31FN6O. The van der Waals surface area contributed by atoms with Crippen LogP contribution in [0, 0.1) is 19.7 Å². The molecule has 0 spiro atoms. The number of nitrogens with zero attached hydrogens (tertiary/aromatic N) is 3. The van der Waals surface area contributed by atoms with Crippen molar-refractivity contribution in [3.63, 3.8) is 0 Å². The second kappa shape index (κ2) is 11.8. The summed E-state index contributed by atoms with van der Waals surface area (Å²) in [6, 6.07) is 8.15. The Bertz CT molecular complexity index is 817. The lowest BCUT2D eigenvalue weighted by Crippen LogP contribution is -2.41. The lowest BCUT2D eigenvalue weighted by Gasteiger charge is -2.12. The van der Waals surface area contributed by atoms with Gasteiger partial charge in [0.2, 0.25) is 5.91 Å². The SMILES string of the molecule is CCNC(=NCCCn1nc(C)cc1C)NCCNC(=O)Cc1cccc(F)c1. The van der Waals surface area contributed by atoms with Crippen molar-refractivity contribution in [2.24, 2.45) is 4.99 Å². The maximum Gasteiger partial charge on any atom is 0.224 e. The number of carbonyl (C=O) groups excluding carboxylic acids is 1. The van der Waals surface area contributed by atoms with Gasteiger partial charge in [0.1, 0.15) is 5.82 Å². The number of guanidine groups is 1. The number of halogens is 1. The van der Waals surface area contributed by atoms with E-state index < -0.39 is 0 Å². The third-order valence-corrected chi connectivity index (χ3v) is 4.24. The highest BCUT2D eigenvalue weighted by Gasteiger charge is 2.04. The quantitative estimate of drug-likeness (QED) is 0.322. The van der Waals surface area contributed by atoms with Crippen molar-refractivity contribution in [1.82, 2.24) is 25.7 Å². The summed E-state index contributed by atoms with van der Waals surface area (Å²) in [5.74, 6) is 0.255. The highest BCUT2D eigenvalue weighted by molar-refractivity contribution is 5.80. The van der Waals surface area contributed by atoms with E-state index in [1.165, 1.54) is 12.1 Å². The van der Waals surface area contributed by atoms with Crippen molar-refractivity contribution in [3.05, 3.63) is 53.1 Å². The molecule has 0 saturated heterocycles. The van der Waals surface area contributed by atoms with Gasteiger partial charge >= 0.3 is 0 Å². The number of hydrogen-bond donors (Lipinski definition) is 3. The molecule has 0 bridgehead atoms. The molecule has 1 amide bonds. The van der Waals surface area contributed by atoms with Gasteiger partial charge in [-0.15, -0.1) is 0 Å². The smallest absolute Gasteiger partial charge is 0.224 e. The van der Waals surface area contributed by atoms with Gasteiger partial charge in [0.15, 0.2) is 5.96 Å². The average Bonchev–Trinajstić information content (AvgIpc) is 2.99. The number of nitrogens with one attached hydrogen (secondary N) is 3. The van der Waals surface area contributed by atoms with Crippen LogP contribution < -0.4 is 16.0 Å². The molecule has 0 aliphatic carbocycles. The average molecular weight is 403 g/mol. The molecule has 0 fully saturated rings. The molecule has 2 aromatic rings. The Morgan fingerprint density at radius 1 is 1.17 bits per heavy atom. The minimum atomic E-state index is -0.332. The minimum absolute atomic E-state index is 0.135. The fraction of sp³-hybridized carbons (Fsp3) is 0.476. The molecule has 0 radical (unpaired) electrons. The highest BCUT2D eigenvalue weighted by Crippen LogP contribution is 2.04. The minimum Gasteiger partial charge on any atom is -0.357 e. The van der Waals surface area contributed by atoms with Crippen molar-refractivity contribution in [2.45, 2.75) is 40.2 Å². The van der Waals surface area contributed by atoms with Crippen molar-refractivity contribution in [1.29, 1.82) is 0 Å². The van der Waals surface area contributed by atoms with Crippen LogP contribution in [0.4, 0.5) is 4.39 Å². The number of aliphatic imine (C=N–C) groups is 1. The van der Waals surface area contributed by atoms with E-state index in [-0.39, 0.29) is 18.1 Å². The Labute approximate surface area is 171 Å². The van der Waals surface area contributed by atoms with E-state index in [1.54, 1.807) is 12.1 Å². The molecule has 158 valence electrons. The molecule has 29 heavy (non-hydrogen) atoms. The molecule has 0 atom stereocenters. The first kappa shape index (κ1) is 22.4. The van der Waals surface area contributed by atoms with E-state index in [0.717, 1.165) is 36.9 Å². The summed E-state index contributed by atoms with van der Waals surface area (Å²) in [6.07, 6.45) is 1.06. The molecule has 1 aromatic carbocycles. The van der Waals surface area contributed by atoms with E-state index >= 15 is 0 Å². The van der Waals surface area contributed by atoms with Crippen LogP contribution >= 0.6 is 0 Å². The largest absolute Gasteiger partial charge is 0.357 e. The molecule has 0 aliphatic rings. The highest BCUT2D eigenvalue weighted by atomic mass is 19.1. The summed E-state index contributed by atoms with van der Waals surface area (Å²) in [7, 11) is 0. The predicted octanol–water partition coefficient (Wildman–Crippen LogP) is 1.94. The molecule has 8 heteroatoms. The Kier molecular flexibility index (Phi) is 9.14. The van der Waals surface area contributed by atoms with Crippen LogP contribution in [0.1, 0.15) is 30.3 Å². The zero-order chi connectivity index (χ0) is 21.1. The monoisotopic (exact) mass is 402 g/mol. The number of rotatable bonds is 10. The van der Waals surface area contributed by atoms with Gasteiger partial charge in [0, 0.05) is 38.4 Å². The van der Waals surface area contributed by atoms with E-state index in [4.69, 9.17) is 0 Å². The van der Waals surface area contributed by atoms with Crippen LogP contribution in [0.2, 0.25) is 0 Å². The lowest BCUT2D eigenvalue weighted by molar-refractivity contribution is -0.120. The summed E-state index contributed by atoms with van der Waals surface area (Å²) in [5, 5.41) is 13.7. The number of aromatic nitrogens is 2. The molecule has 0 unspecified atom stereocenters. The van der Waals surface area contributed by atoms with Gasteiger partial charge in [-0.1, -0.05) is 12.1 Å². The first-order valence-electron chi connectivity index (χ1n) is 10.0. The number of aryl methyl sites for hydroxylation is 3. The van der Waals surface area contributed by atoms with Crippen molar-refractivity contribution < 1.29 is 9.18 Å². The zero-order valence-corrected chi connectivity index (χ0v) is 17.5. The van der Waals surface area contributed by atoms with Crippen molar-refractivity contribution in [2.75, 3.05) is 26.2 Å². The summed E-state index contributed by atoms with van der Waals surface area (Å²) in [5.41, 5.74) is 2.85. The molecule has 2 rings (SSSR count). The molecule has 7 nitrogen and oxygen atoms in total. The molecule has 1 heterocycles. The van der Waals surface area contributed by atoms with Crippen LogP contribution in [0.5, 0.6) is 0 Å². The fourth-order valence-corrected chi connectivity index (χ4v) is 2.93. The third-order valence-electron chi connectivity index (χ3n) is 4.24. The normalized spacial score (nSPS) is 11.4. The van der Waals surface area contributed by atoms with Gasteiger partial charge in [-0.25, -0.2) is 4.39 Å². The maximum atomic E-state index is 13.2. The van der Waals surface area contributed by atoms with Gasteiger partial charge in [0.25, 0.3) is 0 Å². The number of amides is 1. The van der Waals surface area contributed by atoms with Gasteiger partial charge in [-0.3, -0.25) is 14.5 Å². The summed E-state index contributed by atoms with van der Waals surface area (Å²) < 4.78 is 15.2. The molecule has 0 saturated carbocycles. The van der Waals surface area contributed by atoms with Crippen LogP contribution in [0.3, 0.4) is 0 Å². The van der Waals surface area contributed by atoms with E-state index in [9.17, 15) is 9.18 Å². The standard InChI is InChI=1S/C21H31FN6O/c1-4-23-21(25-9-6-12-28-17(3)13-16(2)27-28)26-11-10-24-20(29)15-18-7-5-8-19(22)14-18/h5,7-8,13-14H,4,6,9-12,15H2,1-3H3,(H,24,29)(H2,23,25,26). The third kappa shape index (κ3) is 8.33. The van der Waals surface area contributed by atoms with Crippen LogP contribution in [-0.4, -0.2) is 47.8 Å². The number of benzene rings is 1. The van der Waals surface area contributed by atoms with E-state index in [0.29, 0.717) is 25.2 Å². The first-order valence-corrected chi connectivity index (χ1v) is 10.0. The maximum absolute atomic E-state index is 13.2. The second-order valence-corrected chi connectivity index (χ2v) is 6.85. The molecule has 1 aromatic heterocycles. The summed E-state index contributed by atoms with van der Waals surface area (Å²) in [6.45, 7) is 9.34. The van der Waals surface area contributed by atoms with Gasteiger partial charge in [-0.05, 0) is 51.0 Å². The van der Waals surface area contributed by atoms with Gasteiger partial charge < -0.3 is 16.0 Å². The van der Waals surface area contributed by atoms with Crippen LogP contribution in [-0.2, 0) is 17.8 Å². The van der Waals surface area contributed by atoms with Gasteiger partial charge in [0.05, 0.1) is 12.1 Å². The Balaban J connectivity index is 1.67. The van der Waals surface area contributed by atoms with Crippen molar-refractivity contribution in [3.8, 4) is 0 Å². The Hall–Kier alpha value is -2.90. The van der Waals surface area contributed by atoms with Gasteiger partial charge in [-0.2, -0.15) is 5.10 Å². The van der Waals surface area contributed by atoms with Crippen molar-refractivity contribution >= 4 is 11.9 Å². The Morgan fingerprint density at radius 2 is 1.97 bits per heavy atom. The lowest BCUT2D eigenvalue weighted by atomic mass is 10.1. The molecule has 0 aliphatic heterocycles. The second-order valence-electron chi connectivity index (χ2n) is 6.85. The molecular weight excluding hydrogens is 371 g/mol. The van der Waals surface area contributed by atoms with E-state index in [1.807, 2.05) is 18.5 Å². The zero-order valence-electron chi connectivity index (χ0n) is 17.5. The summed E-state index contributed by atoms with van der Waals surface area (Å²) >= 11 is 0. The first-order chi connectivity index (χ1) is 14.0. The predicted molar refractivity (Wildman–Crippen MR) is 113 cm³/mol. The summed E-state index contributed by atoms with van der Waals surface area (Å²) in [4.78, 5) is 16.5.